The van der Waals surface area contributed by atoms with Crippen LogP contribution in [0.1, 0.15) is 20.3 Å². The molecule has 0 aromatic rings. The van der Waals surface area contributed by atoms with Gasteiger partial charge in [-0.15, -0.1) is 0 Å². The fourth-order valence-electron chi connectivity index (χ4n) is 2.12. The molecule has 1 rings (SSSR count). The van der Waals surface area contributed by atoms with Crippen LogP contribution in [0.2, 0.25) is 0 Å². The van der Waals surface area contributed by atoms with Crippen molar-refractivity contribution in [3.63, 3.8) is 0 Å². The Bertz CT molecular complexity index is 314. The summed E-state index contributed by atoms with van der Waals surface area (Å²) in [7, 11) is -0.732. The van der Waals surface area contributed by atoms with Gasteiger partial charge < -0.3 is 4.90 Å². The number of hydrogen-bond acceptors (Lipinski definition) is 4. The zero-order chi connectivity index (χ0) is 12.3. The number of sulfone groups is 1. The minimum Gasteiger partial charge on any atom is -0.302 e. The van der Waals surface area contributed by atoms with Gasteiger partial charge in [-0.2, -0.15) is 12.6 Å². The molecule has 96 valence electrons. The molecule has 0 amide bonds. The summed E-state index contributed by atoms with van der Waals surface area (Å²) in [6.45, 7) is 5.33. The number of hydrogen-bond donors (Lipinski definition) is 1. The molecule has 1 aliphatic rings. The Balaban J connectivity index is 2.50. The second kappa shape index (κ2) is 5.74. The molecule has 1 saturated heterocycles. The molecular weight excluding hydrogens is 242 g/mol. The molecule has 1 aliphatic heterocycles. The van der Waals surface area contributed by atoms with Crippen molar-refractivity contribution in [2.24, 2.45) is 11.8 Å². The average molecular weight is 265 g/mol. The van der Waals surface area contributed by atoms with Gasteiger partial charge >= 0.3 is 0 Å². The molecule has 5 heteroatoms. The summed E-state index contributed by atoms with van der Waals surface area (Å²) in [6, 6.07) is 0.214. The molecule has 2 atom stereocenters. The van der Waals surface area contributed by atoms with E-state index in [4.69, 9.17) is 0 Å². The van der Waals surface area contributed by atoms with E-state index in [2.05, 4.69) is 31.4 Å². The van der Waals surface area contributed by atoms with Gasteiger partial charge in [0.2, 0.25) is 0 Å². The molecule has 0 aliphatic carbocycles. The maximum absolute atomic E-state index is 11.4. The molecule has 1 heterocycles. The summed E-state index contributed by atoms with van der Waals surface area (Å²) in [5.74, 6) is 2.69. The Morgan fingerprint density at radius 3 is 2.44 bits per heavy atom. The van der Waals surface area contributed by atoms with Gasteiger partial charge in [0.05, 0.1) is 11.5 Å². The van der Waals surface area contributed by atoms with E-state index in [0.29, 0.717) is 23.3 Å². The first-order chi connectivity index (χ1) is 7.35. The van der Waals surface area contributed by atoms with E-state index in [-0.39, 0.29) is 6.04 Å². The predicted molar refractivity (Wildman–Crippen MR) is 71.9 cm³/mol. The van der Waals surface area contributed by atoms with Crippen LogP contribution in [0.3, 0.4) is 0 Å². The maximum Gasteiger partial charge on any atom is 0.151 e. The number of rotatable bonds is 5. The largest absolute Gasteiger partial charge is 0.302 e. The van der Waals surface area contributed by atoms with E-state index in [1.165, 1.54) is 0 Å². The minimum atomic E-state index is -2.76. The highest BCUT2D eigenvalue weighted by atomic mass is 32.2. The van der Waals surface area contributed by atoms with Gasteiger partial charge in [-0.05, 0) is 31.1 Å². The number of nitrogens with zero attached hydrogens (tertiary/aromatic N) is 1. The average Bonchev–Trinajstić information content (AvgIpc) is 2.54. The zero-order valence-electron chi connectivity index (χ0n) is 10.4. The van der Waals surface area contributed by atoms with Gasteiger partial charge in [0.25, 0.3) is 0 Å². The van der Waals surface area contributed by atoms with Gasteiger partial charge in [-0.25, -0.2) is 8.42 Å². The Kier molecular flexibility index (Phi) is 5.13. The summed E-state index contributed by atoms with van der Waals surface area (Å²) in [4.78, 5) is 2.20. The first-order valence-corrected chi connectivity index (χ1v) is 8.32. The topological polar surface area (TPSA) is 37.4 Å². The lowest BCUT2D eigenvalue weighted by Gasteiger charge is -2.29. The summed E-state index contributed by atoms with van der Waals surface area (Å²) < 4.78 is 22.8. The van der Waals surface area contributed by atoms with Crippen molar-refractivity contribution in [1.82, 2.24) is 4.90 Å². The molecule has 16 heavy (non-hydrogen) atoms. The van der Waals surface area contributed by atoms with Crippen molar-refractivity contribution in [2.45, 2.75) is 26.3 Å². The fourth-order valence-corrected chi connectivity index (χ4v) is 4.46. The third-order valence-corrected chi connectivity index (χ3v) is 5.75. The van der Waals surface area contributed by atoms with Crippen molar-refractivity contribution in [3.8, 4) is 0 Å². The van der Waals surface area contributed by atoms with Crippen molar-refractivity contribution in [3.05, 3.63) is 0 Å². The lowest BCUT2D eigenvalue weighted by Crippen LogP contribution is -2.38. The Hall–Kier alpha value is 0.260. The van der Waals surface area contributed by atoms with Crippen molar-refractivity contribution < 1.29 is 8.42 Å². The molecule has 3 nitrogen and oxygen atoms in total. The molecule has 0 bridgehead atoms. The fraction of sp³-hybridized carbons (Fsp3) is 1.00. The third-order valence-electron chi connectivity index (χ3n) is 3.53. The highest BCUT2D eigenvalue weighted by molar-refractivity contribution is 7.91. The van der Waals surface area contributed by atoms with Gasteiger partial charge in [-0.1, -0.05) is 13.8 Å². The van der Waals surface area contributed by atoms with E-state index >= 15 is 0 Å². The van der Waals surface area contributed by atoms with E-state index in [9.17, 15) is 8.42 Å². The Labute approximate surface area is 105 Å². The van der Waals surface area contributed by atoms with Crippen LogP contribution in [0, 0.1) is 11.8 Å². The SMILES string of the molecule is CC(C)C(CS)CN(C)C1CCS(=O)(=O)C1. The molecule has 0 radical (unpaired) electrons. The number of thiol groups is 1. The predicted octanol–water partition coefficient (Wildman–Crippen LogP) is 1.31. The lowest BCUT2D eigenvalue weighted by molar-refractivity contribution is 0.206. The van der Waals surface area contributed by atoms with Crippen molar-refractivity contribution >= 4 is 22.5 Å². The van der Waals surface area contributed by atoms with Crippen LogP contribution < -0.4 is 0 Å². The normalized spacial score (nSPS) is 26.5. The molecule has 1 fully saturated rings. The highest BCUT2D eigenvalue weighted by Crippen LogP contribution is 2.20. The quantitative estimate of drug-likeness (QED) is 0.762. The second-order valence-electron chi connectivity index (χ2n) is 5.18. The van der Waals surface area contributed by atoms with Gasteiger partial charge in [0, 0.05) is 12.6 Å². The zero-order valence-corrected chi connectivity index (χ0v) is 12.1. The van der Waals surface area contributed by atoms with Crippen LogP contribution >= 0.6 is 12.6 Å². The van der Waals surface area contributed by atoms with Gasteiger partial charge in [-0.3, -0.25) is 0 Å². The van der Waals surface area contributed by atoms with Crippen LogP contribution in [0.5, 0.6) is 0 Å². The lowest BCUT2D eigenvalue weighted by atomic mass is 9.97. The molecule has 0 saturated carbocycles. The van der Waals surface area contributed by atoms with Crippen LogP contribution in [0.15, 0.2) is 0 Å². The molecule has 2 unspecified atom stereocenters. The van der Waals surface area contributed by atoms with Crippen LogP contribution in [0.25, 0.3) is 0 Å². The van der Waals surface area contributed by atoms with E-state index in [0.717, 1.165) is 18.7 Å². The van der Waals surface area contributed by atoms with Crippen LogP contribution in [0.4, 0.5) is 0 Å². The molecular formula is C11H23NO2S2. The molecule has 0 N–H and O–H groups in total. The smallest absolute Gasteiger partial charge is 0.151 e. The summed E-state index contributed by atoms with van der Waals surface area (Å²) >= 11 is 4.36. The highest BCUT2D eigenvalue weighted by Gasteiger charge is 2.31. The Morgan fingerprint density at radius 1 is 1.44 bits per heavy atom. The minimum absolute atomic E-state index is 0.214. The molecule has 0 spiro atoms. The Morgan fingerprint density at radius 2 is 2.06 bits per heavy atom. The van der Waals surface area contributed by atoms with Crippen LogP contribution in [-0.4, -0.2) is 50.2 Å². The second-order valence-corrected chi connectivity index (χ2v) is 7.78. The van der Waals surface area contributed by atoms with Crippen LogP contribution in [-0.2, 0) is 9.84 Å². The van der Waals surface area contributed by atoms with Crippen molar-refractivity contribution in [2.75, 3.05) is 30.9 Å². The van der Waals surface area contributed by atoms with Gasteiger partial charge in [0.1, 0.15) is 0 Å². The standard InChI is InChI=1S/C11H23NO2S2/c1-9(2)10(7-15)6-12(3)11-4-5-16(13,14)8-11/h9-11,15H,4-8H2,1-3H3. The first kappa shape index (κ1) is 14.3. The monoisotopic (exact) mass is 265 g/mol. The van der Waals surface area contributed by atoms with E-state index in [1.807, 2.05) is 7.05 Å². The first-order valence-electron chi connectivity index (χ1n) is 5.87. The summed E-state index contributed by atoms with van der Waals surface area (Å²) in [5, 5.41) is 0. The molecule has 0 aromatic carbocycles. The maximum atomic E-state index is 11.4. The van der Waals surface area contributed by atoms with E-state index < -0.39 is 9.84 Å². The van der Waals surface area contributed by atoms with Gasteiger partial charge in [0.15, 0.2) is 9.84 Å². The summed E-state index contributed by atoms with van der Waals surface area (Å²) in [5.41, 5.74) is 0. The van der Waals surface area contributed by atoms with Crippen molar-refractivity contribution in [1.29, 1.82) is 0 Å². The summed E-state index contributed by atoms with van der Waals surface area (Å²) in [6.07, 6.45) is 0.788. The molecule has 0 aromatic heterocycles. The third kappa shape index (κ3) is 3.93. The van der Waals surface area contributed by atoms with E-state index in [1.54, 1.807) is 0 Å².